The van der Waals surface area contributed by atoms with Crippen LogP contribution in [0.1, 0.15) is 85.1 Å². The predicted molar refractivity (Wildman–Crippen MR) is 171 cm³/mol. The van der Waals surface area contributed by atoms with Crippen LogP contribution in [0.3, 0.4) is 0 Å². The molecule has 0 saturated carbocycles. The lowest BCUT2D eigenvalue weighted by atomic mass is 10.00. The topological polar surface area (TPSA) is 201 Å². The van der Waals surface area contributed by atoms with Crippen molar-refractivity contribution in [2.75, 3.05) is 0 Å². The molecule has 0 aliphatic carbocycles. The summed E-state index contributed by atoms with van der Waals surface area (Å²) >= 11 is 0. The molecule has 44 heavy (non-hydrogen) atoms. The number of unbranched alkanes of at least 4 members (excludes halogenated alkanes) is 2. The number of carbonyl (C=O) groups excluding carboxylic acids is 5. The molecule has 12 heteroatoms. The van der Waals surface area contributed by atoms with Crippen LogP contribution in [0, 0.1) is 5.92 Å². The molecular weight excluding hydrogens is 562 g/mol. The Bertz CT molecular complexity index is 1260. The Morgan fingerprint density at radius 2 is 1.27 bits per heavy atom. The number of fused-ring (bicyclic) bond motifs is 1. The van der Waals surface area contributed by atoms with Gasteiger partial charge in [-0.15, -0.1) is 0 Å². The largest absolute Gasteiger partial charge is 0.368 e. The fourth-order valence-corrected chi connectivity index (χ4v) is 4.92. The van der Waals surface area contributed by atoms with Crippen LogP contribution >= 0.6 is 0 Å². The van der Waals surface area contributed by atoms with Gasteiger partial charge in [0.2, 0.25) is 29.5 Å². The maximum Gasteiger partial charge on any atom is 0.243 e. The van der Waals surface area contributed by atoms with E-state index in [0.717, 1.165) is 29.3 Å². The molecule has 0 saturated heterocycles. The summed E-state index contributed by atoms with van der Waals surface area (Å²) in [7, 11) is 0. The SMILES string of the molecule is CCCC[C@H](NC(=O)[C@H](CC(C)C)NC(=O)[C@H](CCCC)NC(=O)[C@H](Cc1c[nH]c2ccccc12)NC(=O)[C@@H](C)N)C(N)=O. The lowest BCUT2D eigenvalue weighted by Crippen LogP contribution is -2.59. The first-order valence-corrected chi connectivity index (χ1v) is 15.7. The number of nitrogens with two attached hydrogens (primary N) is 2. The minimum absolute atomic E-state index is 0.0476. The summed E-state index contributed by atoms with van der Waals surface area (Å²) in [5.41, 5.74) is 13.0. The van der Waals surface area contributed by atoms with Crippen molar-refractivity contribution in [1.82, 2.24) is 26.3 Å². The molecule has 2 aromatic rings. The van der Waals surface area contributed by atoms with Gasteiger partial charge in [0.15, 0.2) is 0 Å². The van der Waals surface area contributed by atoms with Gasteiger partial charge >= 0.3 is 0 Å². The van der Waals surface area contributed by atoms with E-state index in [9.17, 15) is 24.0 Å². The first kappa shape index (κ1) is 36.3. The highest BCUT2D eigenvalue weighted by Gasteiger charge is 2.31. The third-order valence-corrected chi connectivity index (χ3v) is 7.47. The molecule has 0 fully saturated rings. The van der Waals surface area contributed by atoms with E-state index in [1.165, 1.54) is 6.92 Å². The first-order valence-electron chi connectivity index (χ1n) is 15.7. The van der Waals surface area contributed by atoms with Crippen LogP contribution in [0.5, 0.6) is 0 Å². The number of amides is 5. The molecule has 0 bridgehead atoms. The van der Waals surface area contributed by atoms with Crippen LogP contribution in [-0.4, -0.2) is 64.7 Å². The van der Waals surface area contributed by atoms with Crippen LogP contribution < -0.4 is 32.7 Å². The normalized spacial score (nSPS) is 14.7. The molecule has 1 aromatic carbocycles. The molecule has 2 rings (SSSR count). The highest BCUT2D eigenvalue weighted by molar-refractivity contribution is 5.96. The van der Waals surface area contributed by atoms with E-state index < -0.39 is 59.7 Å². The van der Waals surface area contributed by atoms with Gasteiger partial charge in [0, 0.05) is 23.5 Å². The number of hydrogen-bond donors (Lipinski definition) is 7. The monoisotopic (exact) mass is 613 g/mol. The summed E-state index contributed by atoms with van der Waals surface area (Å²) in [6.07, 6.45) is 5.95. The number of aromatic nitrogens is 1. The lowest BCUT2D eigenvalue weighted by Gasteiger charge is -2.27. The van der Waals surface area contributed by atoms with E-state index in [4.69, 9.17) is 11.5 Å². The van der Waals surface area contributed by atoms with E-state index >= 15 is 0 Å². The zero-order valence-corrected chi connectivity index (χ0v) is 26.7. The molecule has 5 amide bonds. The molecule has 1 heterocycles. The van der Waals surface area contributed by atoms with Gasteiger partial charge in [-0.3, -0.25) is 24.0 Å². The van der Waals surface area contributed by atoms with E-state index in [1.807, 2.05) is 52.0 Å². The van der Waals surface area contributed by atoms with Gasteiger partial charge in [0.05, 0.1) is 6.04 Å². The Hall–Kier alpha value is -3.93. The van der Waals surface area contributed by atoms with Crippen molar-refractivity contribution in [3.8, 4) is 0 Å². The molecule has 0 unspecified atom stereocenters. The lowest BCUT2D eigenvalue weighted by molar-refractivity contribution is -0.134. The molecule has 12 nitrogen and oxygen atoms in total. The number of benzene rings is 1. The Balaban J connectivity index is 2.27. The molecule has 5 atom stereocenters. The highest BCUT2D eigenvalue weighted by atomic mass is 16.2. The molecule has 9 N–H and O–H groups in total. The van der Waals surface area contributed by atoms with Crippen LogP contribution in [0.25, 0.3) is 10.9 Å². The fourth-order valence-electron chi connectivity index (χ4n) is 4.92. The van der Waals surface area contributed by atoms with Crippen molar-refractivity contribution in [3.05, 3.63) is 36.0 Å². The molecule has 0 aliphatic heterocycles. The Morgan fingerprint density at radius 3 is 1.86 bits per heavy atom. The molecule has 0 radical (unpaired) electrons. The van der Waals surface area contributed by atoms with Crippen molar-refractivity contribution in [1.29, 1.82) is 0 Å². The standard InChI is InChI=1S/C32H51N7O5/c1-6-8-13-24(28(34)40)36-31(43)26(16-19(3)4)39-30(42)25(14-9-7-2)37-32(44)27(38-29(41)20(5)33)17-21-18-35-23-15-11-10-12-22(21)23/h10-12,15,18-20,24-27,35H,6-9,13-14,16-17,33H2,1-5H3,(H2,34,40)(H,36,43)(H,37,44)(H,38,41)(H,39,42)/t20-,24+,25+,26+,27+/m1/s1. The van der Waals surface area contributed by atoms with Gasteiger partial charge in [-0.05, 0) is 43.7 Å². The van der Waals surface area contributed by atoms with E-state index in [0.29, 0.717) is 32.1 Å². The van der Waals surface area contributed by atoms with Crippen LogP contribution in [0.15, 0.2) is 30.5 Å². The van der Waals surface area contributed by atoms with Gasteiger partial charge in [0.1, 0.15) is 24.2 Å². The quantitative estimate of drug-likeness (QED) is 0.126. The maximum atomic E-state index is 13.7. The average molecular weight is 614 g/mol. The third kappa shape index (κ3) is 11.3. The zero-order valence-electron chi connectivity index (χ0n) is 26.7. The smallest absolute Gasteiger partial charge is 0.243 e. The summed E-state index contributed by atoms with van der Waals surface area (Å²) in [4.78, 5) is 68.2. The number of aromatic amines is 1. The van der Waals surface area contributed by atoms with Crippen molar-refractivity contribution >= 4 is 40.4 Å². The second kappa shape index (κ2) is 18.0. The highest BCUT2D eigenvalue weighted by Crippen LogP contribution is 2.19. The van der Waals surface area contributed by atoms with Gasteiger partial charge in [-0.1, -0.05) is 71.6 Å². The van der Waals surface area contributed by atoms with Crippen molar-refractivity contribution in [2.45, 2.75) is 116 Å². The van der Waals surface area contributed by atoms with Gasteiger partial charge in [-0.25, -0.2) is 0 Å². The minimum atomic E-state index is -1.01. The summed E-state index contributed by atoms with van der Waals surface area (Å²) in [5.74, 6) is -2.66. The van der Waals surface area contributed by atoms with Crippen LogP contribution in [-0.2, 0) is 30.4 Å². The predicted octanol–water partition coefficient (Wildman–Crippen LogP) is 1.91. The van der Waals surface area contributed by atoms with E-state index in [2.05, 4.69) is 26.3 Å². The van der Waals surface area contributed by atoms with Gasteiger partial charge in [-0.2, -0.15) is 0 Å². The number of carbonyl (C=O) groups is 5. The average Bonchev–Trinajstić information content (AvgIpc) is 3.38. The Labute approximate surface area is 260 Å². The molecule has 0 aliphatic rings. The first-order chi connectivity index (χ1) is 20.9. The molecular formula is C32H51N7O5. The summed E-state index contributed by atoms with van der Waals surface area (Å²) in [6.45, 7) is 9.30. The molecule has 244 valence electrons. The molecule has 0 spiro atoms. The zero-order chi connectivity index (χ0) is 32.8. The second-order valence-corrected chi connectivity index (χ2v) is 11.9. The maximum absolute atomic E-state index is 13.7. The van der Waals surface area contributed by atoms with Crippen molar-refractivity contribution in [3.63, 3.8) is 0 Å². The summed E-state index contributed by atoms with van der Waals surface area (Å²) < 4.78 is 0. The number of H-pyrrole nitrogens is 1. The third-order valence-electron chi connectivity index (χ3n) is 7.47. The Kier molecular flexibility index (Phi) is 14.8. The minimum Gasteiger partial charge on any atom is -0.368 e. The second-order valence-electron chi connectivity index (χ2n) is 11.9. The van der Waals surface area contributed by atoms with Crippen molar-refractivity contribution < 1.29 is 24.0 Å². The van der Waals surface area contributed by atoms with E-state index in [-0.39, 0.29) is 12.3 Å². The van der Waals surface area contributed by atoms with Gasteiger partial charge in [0.25, 0.3) is 0 Å². The number of para-hydroxylation sites is 1. The summed E-state index contributed by atoms with van der Waals surface area (Å²) in [6, 6.07) is 3.03. The van der Waals surface area contributed by atoms with E-state index in [1.54, 1.807) is 6.20 Å². The van der Waals surface area contributed by atoms with Crippen LogP contribution in [0.2, 0.25) is 0 Å². The number of primary amides is 1. The Morgan fingerprint density at radius 1 is 0.750 bits per heavy atom. The summed E-state index contributed by atoms with van der Waals surface area (Å²) in [5, 5.41) is 12.0. The van der Waals surface area contributed by atoms with Crippen molar-refractivity contribution in [2.24, 2.45) is 17.4 Å². The van der Waals surface area contributed by atoms with Gasteiger partial charge < -0.3 is 37.7 Å². The van der Waals surface area contributed by atoms with Crippen LogP contribution in [0.4, 0.5) is 0 Å². The molecule has 1 aromatic heterocycles. The number of nitrogens with one attached hydrogen (secondary N) is 5. The number of hydrogen-bond acceptors (Lipinski definition) is 6. The number of rotatable bonds is 19. The fraction of sp³-hybridized carbons (Fsp3) is 0.594.